The van der Waals surface area contributed by atoms with Crippen LogP contribution in [0.4, 0.5) is 0 Å². The van der Waals surface area contributed by atoms with Crippen molar-refractivity contribution in [2.45, 2.75) is 26.3 Å². The molecule has 0 N–H and O–H groups in total. The van der Waals surface area contributed by atoms with E-state index < -0.39 is 0 Å². The number of likely N-dealkylation sites (N-methyl/N-ethyl adjacent to an activating group) is 1. The van der Waals surface area contributed by atoms with Gasteiger partial charge in [-0.1, -0.05) is 35.9 Å². The van der Waals surface area contributed by atoms with Crippen LogP contribution in [0.1, 0.15) is 29.0 Å². The Balaban J connectivity index is 2.04. The van der Waals surface area contributed by atoms with E-state index in [1.807, 2.05) is 29.5 Å². The summed E-state index contributed by atoms with van der Waals surface area (Å²) in [6.45, 7) is 4.14. The molecule has 0 aliphatic carbocycles. The van der Waals surface area contributed by atoms with E-state index in [9.17, 15) is 4.79 Å². The van der Waals surface area contributed by atoms with Crippen molar-refractivity contribution in [3.63, 3.8) is 0 Å². The first-order chi connectivity index (χ1) is 9.08. The molecule has 0 saturated carbocycles. The lowest BCUT2D eigenvalue weighted by Gasteiger charge is -2.25. The Morgan fingerprint density at radius 1 is 1.26 bits per heavy atom. The molecule has 1 atom stereocenters. The van der Waals surface area contributed by atoms with E-state index in [-0.39, 0.29) is 11.9 Å². The van der Waals surface area contributed by atoms with E-state index >= 15 is 0 Å². The highest BCUT2D eigenvalue weighted by Gasteiger charge is 2.17. The van der Waals surface area contributed by atoms with Gasteiger partial charge in [0.2, 0.25) is 5.91 Å². The molecule has 0 saturated heterocycles. The zero-order chi connectivity index (χ0) is 13.8. The zero-order valence-corrected chi connectivity index (χ0v) is 12.4. The largest absolute Gasteiger partial charge is 0.339 e. The van der Waals surface area contributed by atoms with Crippen molar-refractivity contribution in [1.29, 1.82) is 0 Å². The summed E-state index contributed by atoms with van der Waals surface area (Å²) in [7, 11) is 1.88. The first kappa shape index (κ1) is 13.8. The molecular formula is C16H19NOS. The molecular weight excluding hydrogens is 254 g/mol. The molecule has 1 aromatic heterocycles. The second-order valence-corrected chi connectivity index (χ2v) is 5.88. The van der Waals surface area contributed by atoms with Gasteiger partial charge in [0, 0.05) is 11.9 Å². The molecule has 0 bridgehead atoms. The molecule has 1 heterocycles. The summed E-state index contributed by atoms with van der Waals surface area (Å²) in [5.41, 5.74) is 2.41. The van der Waals surface area contributed by atoms with Gasteiger partial charge in [-0.2, -0.15) is 0 Å². The minimum absolute atomic E-state index is 0.105. The van der Waals surface area contributed by atoms with Gasteiger partial charge in [0.05, 0.1) is 12.5 Å². The molecule has 3 heteroatoms. The maximum atomic E-state index is 12.2. The Kier molecular flexibility index (Phi) is 4.38. The van der Waals surface area contributed by atoms with E-state index in [0.717, 1.165) is 4.88 Å². The Hall–Kier alpha value is -1.61. The molecule has 2 rings (SSSR count). The topological polar surface area (TPSA) is 20.3 Å². The highest BCUT2D eigenvalue weighted by atomic mass is 32.1. The van der Waals surface area contributed by atoms with Crippen molar-refractivity contribution >= 4 is 17.2 Å². The number of benzene rings is 1. The minimum atomic E-state index is 0.105. The molecule has 0 spiro atoms. The second-order valence-electron chi connectivity index (χ2n) is 4.85. The van der Waals surface area contributed by atoms with Gasteiger partial charge in [-0.3, -0.25) is 4.79 Å². The van der Waals surface area contributed by atoms with Gasteiger partial charge < -0.3 is 4.90 Å². The molecule has 1 amide bonds. The van der Waals surface area contributed by atoms with Gasteiger partial charge in [0.1, 0.15) is 0 Å². The summed E-state index contributed by atoms with van der Waals surface area (Å²) in [6.07, 6.45) is 0.490. The summed E-state index contributed by atoms with van der Waals surface area (Å²) in [5, 5.41) is 2.01. The molecule has 0 radical (unpaired) electrons. The third kappa shape index (κ3) is 3.44. The number of carbonyl (C=O) groups excluding carboxylic acids is 1. The highest BCUT2D eigenvalue weighted by Crippen LogP contribution is 2.20. The van der Waals surface area contributed by atoms with Gasteiger partial charge in [0.25, 0.3) is 0 Å². The predicted molar refractivity (Wildman–Crippen MR) is 80.4 cm³/mol. The molecule has 1 aromatic carbocycles. The molecule has 0 aliphatic heterocycles. The van der Waals surface area contributed by atoms with Crippen molar-refractivity contribution in [1.82, 2.24) is 4.90 Å². The van der Waals surface area contributed by atoms with E-state index in [0.29, 0.717) is 6.42 Å². The average molecular weight is 273 g/mol. The van der Waals surface area contributed by atoms with Gasteiger partial charge in [-0.15, -0.1) is 11.3 Å². The van der Waals surface area contributed by atoms with Gasteiger partial charge in [-0.05, 0) is 30.9 Å². The smallest absolute Gasteiger partial charge is 0.228 e. The van der Waals surface area contributed by atoms with Gasteiger partial charge in [-0.25, -0.2) is 0 Å². The van der Waals surface area contributed by atoms with Crippen molar-refractivity contribution in [3.8, 4) is 0 Å². The quantitative estimate of drug-likeness (QED) is 0.829. The van der Waals surface area contributed by atoms with E-state index in [4.69, 9.17) is 0 Å². The van der Waals surface area contributed by atoms with Crippen LogP contribution in [0.2, 0.25) is 0 Å². The number of hydrogen-bond donors (Lipinski definition) is 0. The fourth-order valence-electron chi connectivity index (χ4n) is 1.97. The van der Waals surface area contributed by atoms with Crippen LogP contribution >= 0.6 is 11.3 Å². The van der Waals surface area contributed by atoms with Crippen LogP contribution in [0.5, 0.6) is 0 Å². The Labute approximate surface area is 118 Å². The molecule has 0 fully saturated rings. The summed E-state index contributed by atoms with van der Waals surface area (Å²) in [5.74, 6) is 0.163. The van der Waals surface area contributed by atoms with Crippen LogP contribution in [0.15, 0.2) is 41.8 Å². The molecule has 1 unspecified atom stereocenters. The Morgan fingerprint density at radius 3 is 2.53 bits per heavy atom. The number of aryl methyl sites for hydroxylation is 1. The predicted octanol–water partition coefficient (Wildman–Crippen LogP) is 3.82. The van der Waals surface area contributed by atoms with Crippen molar-refractivity contribution < 1.29 is 4.79 Å². The molecule has 100 valence electrons. The van der Waals surface area contributed by atoms with Crippen LogP contribution in [0.25, 0.3) is 0 Å². The first-order valence-electron chi connectivity index (χ1n) is 6.42. The number of hydrogen-bond acceptors (Lipinski definition) is 2. The maximum absolute atomic E-state index is 12.2. The van der Waals surface area contributed by atoms with Crippen molar-refractivity contribution in [2.24, 2.45) is 0 Å². The molecule has 2 aromatic rings. The number of carbonyl (C=O) groups is 1. The first-order valence-corrected chi connectivity index (χ1v) is 7.30. The fraction of sp³-hybridized carbons (Fsp3) is 0.312. The maximum Gasteiger partial charge on any atom is 0.228 e. The summed E-state index contributed by atoms with van der Waals surface area (Å²) in [6, 6.07) is 12.5. The lowest BCUT2D eigenvalue weighted by Crippen LogP contribution is -2.30. The number of nitrogens with zero attached hydrogens (tertiary/aromatic N) is 1. The molecule has 0 aliphatic rings. The van der Waals surface area contributed by atoms with E-state index in [2.05, 4.69) is 38.1 Å². The van der Waals surface area contributed by atoms with Crippen molar-refractivity contribution in [3.05, 3.63) is 57.8 Å². The SMILES string of the molecule is Cc1ccc(C(C)N(C)C(=O)Cc2cccs2)cc1. The Morgan fingerprint density at radius 2 is 1.95 bits per heavy atom. The lowest BCUT2D eigenvalue weighted by molar-refractivity contribution is -0.131. The minimum Gasteiger partial charge on any atom is -0.339 e. The lowest BCUT2D eigenvalue weighted by atomic mass is 10.1. The van der Waals surface area contributed by atoms with Gasteiger partial charge in [0.15, 0.2) is 0 Å². The van der Waals surface area contributed by atoms with Crippen LogP contribution in [-0.2, 0) is 11.2 Å². The zero-order valence-electron chi connectivity index (χ0n) is 11.6. The monoisotopic (exact) mass is 273 g/mol. The van der Waals surface area contributed by atoms with E-state index in [1.165, 1.54) is 11.1 Å². The standard InChI is InChI=1S/C16H19NOS/c1-12-6-8-14(9-7-12)13(2)17(3)16(18)11-15-5-4-10-19-15/h4-10,13H,11H2,1-3H3. The molecule has 19 heavy (non-hydrogen) atoms. The third-order valence-corrected chi connectivity index (χ3v) is 4.32. The van der Waals surface area contributed by atoms with Crippen LogP contribution < -0.4 is 0 Å². The van der Waals surface area contributed by atoms with Crippen LogP contribution in [0, 0.1) is 6.92 Å². The van der Waals surface area contributed by atoms with Crippen LogP contribution in [-0.4, -0.2) is 17.9 Å². The average Bonchev–Trinajstić information content (AvgIpc) is 2.90. The number of thiophene rings is 1. The van der Waals surface area contributed by atoms with E-state index in [1.54, 1.807) is 11.3 Å². The van der Waals surface area contributed by atoms with Crippen molar-refractivity contribution in [2.75, 3.05) is 7.05 Å². The van der Waals surface area contributed by atoms with Gasteiger partial charge >= 0.3 is 0 Å². The third-order valence-electron chi connectivity index (χ3n) is 3.44. The highest BCUT2D eigenvalue weighted by molar-refractivity contribution is 7.10. The number of amides is 1. The summed E-state index contributed by atoms with van der Waals surface area (Å²) < 4.78 is 0. The second kappa shape index (κ2) is 6.02. The fourth-order valence-corrected chi connectivity index (χ4v) is 2.67. The Bertz CT molecular complexity index is 530. The summed E-state index contributed by atoms with van der Waals surface area (Å²) in [4.78, 5) is 15.2. The van der Waals surface area contributed by atoms with Crippen LogP contribution in [0.3, 0.4) is 0 Å². The normalized spacial score (nSPS) is 12.2. The number of rotatable bonds is 4. The summed E-state index contributed by atoms with van der Waals surface area (Å²) >= 11 is 1.63. The molecule has 2 nitrogen and oxygen atoms in total.